The van der Waals surface area contributed by atoms with Gasteiger partial charge in [-0.1, -0.05) is 6.92 Å². The van der Waals surface area contributed by atoms with Gasteiger partial charge in [-0.15, -0.1) is 0 Å². The molecule has 10 heteroatoms. The molecule has 0 spiro atoms. The second-order valence-corrected chi connectivity index (χ2v) is 6.92. The third-order valence-electron chi connectivity index (χ3n) is 4.88. The van der Waals surface area contributed by atoms with Crippen LogP contribution in [0.3, 0.4) is 0 Å². The molecule has 144 valence electrons. The summed E-state index contributed by atoms with van der Waals surface area (Å²) in [6, 6.07) is 0. The lowest BCUT2D eigenvalue weighted by molar-refractivity contribution is -0.383. The molecule has 0 bridgehead atoms. The van der Waals surface area contributed by atoms with Crippen molar-refractivity contribution in [1.82, 2.24) is 14.9 Å². The van der Waals surface area contributed by atoms with Gasteiger partial charge in [-0.05, 0) is 20.4 Å². The van der Waals surface area contributed by atoms with Crippen LogP contribution in [0.5, 0.6) is 0 Å². The maximum absolute atomic E-state index is 11.6. The molecule has 0 aliphatic carbocycles. The molecule has 10 nitrogen and oxygen atoms in total. The van der Waals surface area contributed by atoms with Crippen molar-refractivity contribution >= 4 is 23.3 Å². The summed E-state index contributed by atoms with van der Waals surface area (Å²) in [7, 11) is 0. The Bertz CT molecular complexity index is 653. The second kappa shape index (κ2) is 7.58. The van der Waals surface area contributed by atoms with E-state index in [2.05, 4.69) is 21.8 Å². The SMILES string of the molecule is CCN1CCN(c2nc(N3C[C@@H](C)O[C@H](C)C3)nc(N)c2[N+](=O)[O-])CC1. The van der Waals surface area contributed by atoms with E-state index in [-0.39, 0.29) is 23.7 Å². The van der Waals surface area contributed by atoms with Gasteiger partial charge in [-0.3, -0.25) is 10.1 Å². The summed E-state index contributed by atoms with van der Waals surface area (Å²) in [5, 5.41) is 11.6. The third kappa shape index (κ3) is 3.80. The highest BCUT2D eigenvalue weighted by atomic mass is 16.6. The van der Waals surface area contributed by atoms with E-state index in [9.17, 15) is 10.1 Å². The van der Waals surface area contributed by atoms with Gasteiger partial charge in [-0.2, -0.15) is 9.97 Å². The van der Waals surface area contributed by atoms with Crippen LogP contribution in [0, 0.1) is 10.1 Å². The van der Waals surface area contributed by atoms with Gasteiger partial charge in [0.25, 0.3) is 0 Å². The molecule has 26 heavy (non-hydrogen) atoms. The summed E-state index contributed by atoms with van der Waals surface area (Å²) in [5.41, 5.74) is 5.77. The number of nitrogens with zero attached hydrogens (tertiary/aromatic N) is 6. The number of ether oxygens (including phenoxy) is 1. The molecule has 1 aromatic heterocycles. The van der Waals surface area contributed by atoms with Crippen LogP contribution < -0.4 is 15.5 Å². The Balaban J connectivity index is 1.93. The fourth-order valence-corrected chi connectivity index (χ4v) is 3.60. The molecule has 2 atom stereocenters. The quantitative estimate of drug-likeness (QED) is 0.609. The highest BCUT2D eigenvalue weighted by Gasteiger charge is 2.32. The lowest BCUT2D eigenvalue weighted by atomic mass is 10.2. The molecule has 2 fully saturated rings. The normalized spacial score (nSPS) is 24.7. The number of aromatic nitrogens is 2. The maximum atomic E-state index is 11.6. The zero-order valence-electron chi connectivity index (χ0n) is 15.6. The van der Waals surface area contributed by atoms with Crippen LogP contribution >= 0.6 is 0 Å². The van der Waals surface area contributed by atoms with Crippen LogP contribution in [-0.2, 0) is 4.74 Å². The number of piperazine rings is 1. The van der Waals surface area contributed by atoms with Crippen molar-refractivity contribution in [2.45, 2.75) is 33.0 Å². The lowest BCUT2D eigenvalue weighted by Gasteiger charge is -2.37. The van der Waals surface area contributed by atoms with Crippen molar-refractivity contribution < 1.29 is 9.66 Å². The van der Waals surface area contributed by atoms with Gasteiger partial charge in [0, 0.05) is 39.3 Å². The summed E-state index contributed by atoms with van der Waals surface area (Å²) < 4.78 is 5.75. The van der Waals surface area contributed by atoms with Gasteiger partial charge in [0.2, 0.25) is 17.6 Å². The van der Waals surface area contributed by atoms with Crippen LogP contribution in [0.25, 0.3) is 0 Å². The number of hydrogen-bond donors (Lipinski definition) is 1. The third-order valence-corrected chi connectivity index (χ3v) is 4.88. The largest absolute Gasteiger partial charge is 0.378 e. The number of morpholine rings is 1. The number of nitro groups is 1. The Morgan fingerprint density at radius 2 is 1.77 bits per heavy atom. The van der Waals surface area contributed by atoms with E-state index in [1.807, 2.05) is 23.6 Å². The Kier molecular flexibility index (Phi) is 5.42. The molecule has 2 saturated heterocycles. The van der Waals surface area contributed by atoms with Crippen molar-refractivity contribution in [2.75, 3.05) is 61.3 Å². The number of anilines is 3. The smallest absolute Gasteiger partial charge is 0.353 e. The van der Waals surface area contributed by atoms with Crippen LogP contribution in [0.4, 0.5) is 23.3 Å². The molecular formula is C16H27N7O3. The monoisotopic (exact) mass is 365 g/mol. The lowest BCUT2D eigenvalue weighted by Crippen LogP contribution is -2.48. The number of nitrogens with two attached hydrogens (primary N) is 1. The Labute approximate surface area is 153 Å². The van der Waals surface area contributed by atoms with Gasteiger partial charge >= 0.3 is 5.69 Å². The predicted octanol–water partition coefficient (Wildman–Crippen LogP) is 0.723. The van der Waals surface area contributed by atoms with Crippen LogP contribution in [-0.4, -0.2) is 77.8 Å². The highest BCUT2D eigenvalue weighted by Crippen LogP contribution is 2.34. The van der Waals surface area contributed by atoms with Crippen LogP contribution in [0.1, 0.15) is 20.8 Å². The zero-order chi connectivity index (χ0) is 18.8. The minimum Gasteiger partial charge on any atom is -0.378 e. The van der Waals surface area contributed by atoms with Crippen molar-refractivity contribution in [3.63, 3.8) is 0 Å². The molecule has 2 aliphatic rings. The second-order valence-electron chi connectivity index (χ2n) is 6.92. The Morgan fingerprint density at radius 1 is 1.15 bits per heavy atom. The molecule has 2 aliphatic heterocycles. The summed E-state index contributed by atoms with van der Waals surface area (Å²) in [6.45, 7) is 11.4. The molecule has 0 amide bonds. The molecular weight excluding hydrogens is 338 g/mol. The summed E-state index contributed by atoms with van der Waals surface area (Å²) in [5.74, 6) is 0.669. The van der Waals surface area contributed by atoms with E-state index in [1.54, 1.807) is 0 Å². The molecule has 3 heterocycles. The fourth-order valence-electron chi connectivity index (χ4n) is 3.60. The predicted molar refractivity (Wildman–Crippen MR) is 99.6 cm³/mol. The van der Waals surface area contributed by atoms with E-state index >= 15 is 0 Å². The van der Waals surface area contributed by atoms with Gasteiger partial charge in [0.15, 0.2) is 0 Å². The van der Waals surface area contributed by atoms with Crippen LogP contribution in [0.15, 0.2) is 0 Å². The molecule has 0 saturated carbocycles. The average molecular weight is 365 g/mol. The van der Waals surface area contributed by atoms with Crippen molar-refractivity contribution in [3.8, 4) is 0 Å². The minimum atomic E-state index is -0.481. The summed E-state index contributed by atoms with van der Waals surface area (Å²) >= 11 is 0. The van der Waals surface area contributed by atoms with E-state index in [0.717, 1.165) is 19.6 Å². The average Bonchev–Trinajstić information content (AvgIpc) is 2.60. The first-order valence-electron chi connectivity index (χ1n) is 9.08. The Hall–Kier alpha value is -2.20. The first-order chi connectivity index (χ1) is 12.4. The first-order valence-corrected chi connectivity index (χ1v) is 9.08. The maximum Gasteiger partial charge on any atom is 0.353 e. The van der Waals surface area contributed by atoms with E-state index in [0.29, 0.717) is 37.9 Å². The molecule has 1 aromatic rings. The number of hydrogen-bond acceptors (Lipinski definition) is 9. The standard InChI is InChI=1S/C16H27N7O3/c1-4-20-5-7-21(8-6-20)15-13(23(24)25)14(17)18-16(19-15)22-9-11(2)26-12(3)10-22/h11-12H,4-10H2,1-3H3,(H2,17,18,19)/t11-,12-/m1/s1. The van der Waals surface area contributed by atoms with E-state index in [4.69, 9.17) is 10.5 Å². The summed E-state index contributed by atoms with van der Waals surface area (Å²) in [4.78, 5) is 26.1. The molecule has 0 radical (unpaired) electrons. The number of likely N-dealkylation sites (N-methyl/N-ethyl adjacent to an activating group) is 1. The van der Waals surface area contributed by atoms with E-state index < -0.39 is 4.92 Å². The Morgan fingerprint density at radius 3 is 2.31 bits per heavy atom. The zero-order valence-corrected chi connectivity index (χ0v) is 15.6. The van der Waals surface area contributed by atoms with Gasteiger partial charge < -0.3 is 25.2 Å². The molecule has 0 unspecified atom stereocenters. The van der Waals surface area contributed by atoms with Crippen molar-refractivity contribution in [1.29, 1.82) is 0 Å². The highest BCUT2D eigenvalue weighted by molar-refractivity contribution is 5.71. The van der Waals surface area contributed by atoms with Gasteiger partial charge in [-0.25, -0.2) is 0 Å². The first kappa shape index (κ1) is 18.6. The minimum absolute atomic E-state index is 0.0373. The fraction of sp³-hybridized carbons (Fsp3) is 0.750. The van der Waals surface area contributed by atoms with E-state index in [1.165, 1.54) is 0 Å². The topological polar surface area (TPSA) is 114 Å². The molecule has 2 N–H and O–H groups in total. The molecule has 3 rings (SSSR count). The molecule has 0 aromatic carbocycles. The van der Waals surface area contributed by atoms with Crippen molar-refractivity contribution in [3.05, 3.63) is 10.1 Å². The number of rotatable bonds is 4. The van der Waals surface area contributed by atoms with Crippen molar-refractivity contribution in [2.24, 2.45) is 0 Å². The van der Waals surface area contributed by atoms with Gasteiger partial charge in [0.1, 0.15) is 0 Å². The number of nitrogen functional groups attached to an aromatic ring is 1. The van der Waals surface area contributed by atoms with Gasteiger partial charge in [0.05, 0.1) is 17.1 Å². The van der Waals surface area contributed by atoms with Crippen LogP contribution in [0.2, 0.25) is 0 Å². The summed E-state index contributed by atoms with van der Waals surface area (Å²) in [6.07, 6.45) is 0.0747.